The molecule has 2 aromatic rings. The van der Waals surface area contributed by atoms with Gasteiger partial charge in [0, 0.05) is 36.6 Å². The highest BCUT2D eigenvalue weighted by molar-refractivity contribution is 6.06. The first-order valence-electron chi connectivity index (χ1n) is 8.93. The Bertz CT molecular complexity index is 820. The van der Waals surface area contributed by atoms with Crippen LogP contribution in [0.5, 0.6) is 0 Å². The minimum absolute atomic E-state index is 0.192. The summed E-state index contributed by atoms with van der Waals surface area (Å²) < 4.78 is 0. The highest BCUT2D eigenvalue weighted by atomic mass is 16.2. The van der Waals surface area contributed by atoms with Crippen LogP contribution in [0.2, 0.25) is 0 Å². The SMILES string of the molecule is CCCCCNC(=O)c1cc(C(=O)Nc2cccc(NC(C)=O)c2)ccn1. The zero-order chi connectivity index (χ0) is 19.6. The molecule has 0 atom stereocenters. The first kappa shape index (κ1) is 20.1. The number of carbonyl (C=O) groups is 3. The van der Waals surface area contributed by atoms with E-state index in [-0.39, 0.29) is 23.4 Å². The Hall–Kier alpha value is -3.22. The van der Waals surface area contributed by atoms with Crippen molar-refractivity contribution < 1.29 is 14.4 Å². The topological polar surface area (TPSA) is 100 Å². The van der Waals surface area contributed by atoms with E-state index in [1.54, 1.807) is 30.3 Å². The lowest BCUT2D eigenvalue weighted by molar-refractivity contribution is -0.114. The fourth-order valence-electron chi connectivity index (χ4n) is 2.44. The Kier molecular flexibility index (Phi) is 7.49. The number of carbonyl (C=O) groups excluding carboxylic acids is 3. The van der Waals surface area contributed by atoms with Crippen LogP contribution in [0.25, 0.3) is 0 Å². The summed E-state index contributed by atoms with van der Waals surface area (Å²) in [5, 5.41) is 8.21. The van der Waals surface area contributed by atoms with E-state index in [4.69, 9.17) is 0 Å². The van der Waals surface area contributed by atoms with Gasteiger partial charge in [0.25, 0.3) is 11.8 Å². The maximum absolute atomic E-state index is 12.5. The van der Waals surface area contributed by atoms with Crippen molar-refractivity contribution in [3.63, 3.8) is 0 Å². The molecule has 7 nitrogen and oxygen atoms in total. The molecule has 0 bridgehead atoms. The molecular formula is C20H24N4O3. The van der Waals surface area contributed by atoms with Crippen molar-refractivity contribution in [2.24, 2.45) is 0 Å². The minimum atomic E-state index is -0.364. The molecule has 3 amide bonds. The van der Waals surface area contributed by atoms with Crippen LogP contribution in [-0.4, -0.2) is 29.3 Å². The van der Waals surface area contributed by atoms with Gasteiger partial charge >= 0.3 is 0 Å². The summed E-state index contributed by atoms with van der Waals surface area (Å²) in [6.45, 7) is 4.09. The second kappa shape index (κ2) is 10.1. The van der Waals surface area contributed by atoms with E-state index in [1.165, 1.54) is 19.2 Å². The Labute approximate surface area is 158 Å². The molecule has 27 heavy (non-hydrogen) atoms. The summed E-state index contributed by atoms with van der Waals surface area (Å²) >= 11 is 0. The third-order valence-corrected chi connectivity index (χ3v) is 3.76. The van der Waals surface area contributed by atoms with E-state index < -0.39 is 0 Å². The monoisotopic (exact) mass is 368 g/mol. The number of pyridine rings is 1. The molecule has 0 saturated carbocycles. The van der Waals surface area contributed by atoms with Gasteiger partial charge in [-0.2, -0.15) is 0 Å². The standard InChI is InChI=1S/C20H24N4O3/c1-3-4-5-10-22-20(27)18-12-15(9-11-21-18)19(26)24-17-8-6-7-16(13-17)23-14(2)25/h6-9,11-13H,3-5,10H2,1-2H3,(H,22,27)(H,23,25)(H,24,26). The van der Waals surface area contributed by atoms with Gasteiger partial charge in [-0.1, -0.05) is 25.8 Å². The quantitative estimate of drug-likeness (QED) is 0.623. The number of unbranched alkanes of at least 4 members (excludes halogenated alkanes) is 2. The Morgan fingerprint density at radius 2 is 1.70 bits per heavy atom. The highest BCUT2D eigenvalue weighted by Crippen LogP contribution is 2.16. The average molecular weight is 368 g/mol. The fraction of sp³-hybridized carbons (Fsp3) is 0.300. The molecule has 1 aromatic heterocycles. The third-order valence-electron chi connectivity index (χ3n) is 3.76. The van der Waals surface area contributed by atoms with Gasteiger partial charge in [-0.3, -0.25) is 19.4 Å². The maximum atomic E-state index is 12.5. The van der Waals surface area contributed by atoms with Crippen molar-refractivity contribution in [3.05, 3.63) is 53.9 Å². The van der Waals surface area contributed by atoms with Gasteiger partial charge < -0.3 is 16.0 Å². The van der Waals surface area contributed by atoms with E-state index in [1.807, 2.05) is 0 Å². The van der Waals surface area contributed by atoms with Crippen LogP contribution >= 0.6 is 0 Å². The molecule has 0 aliphatic heterocycles. The lowest BCUT2D eigenvalue weighted by atomic mass is 10.2. The van der Waals surface area contributed by atoms with Gasteiger partial charge in [0.05, 0.1) is 0 Å². The number of rotatable bonds is 8. The lowest BCUT2D eigenvalue weighted by Crippen LogP contribution is -2.25. The molecule has 0 unspecified atom stereocenters. The Morgan fingerprint density at radius 1 is 0.963 bits per heavy atom. The smallest absolute Gasteiger partial charge is 0.269 e. The lowest BCUT2D eigenvalue weighted by Gasteiger charge is -2.09. The first-order chi connectivity index (χ1) is 13.0. The summed E-state index contributed by atoms with van der Waals surface area (Å²) in [5.41, 5.74) is 1.65. The Morgan fingerprint density at radius 3 is 2.41 bits per heavy atom. The van der Waals surface area contributed by atoms with Crippen molar-refractivity contribution in [2.45, 2.75) is 33.1 Å². The van der Waals surface area contributed by atoms with Crippen molar-refractivity contribution in [2.75, 3.05) is 17.2 Å². The number of amides is 3. The number of hydrogen-bond donors (Lipinski definition) is 3. The summed E-state index contributed by atoms with van der Waals surface area (Å²) in [5.74, 6) is -0.854. The molecule has 0 spiro atoms. The summed E-state index contributed by atoms with van der Waals surface area (Å²) in [4.78, 5) is 39.8. The number of hydrogen-bond acceptors (Lipinski definition) is 4. The summed E-state index contributed by atoms with van der Waals surface area (Å²) in [6.07, 6.45) is 4.47. The molecular weight excluding hydrogens is 344 g/mol. The summed E-state index contributed by atoms with van der Waals surface area (Å²) in [7, 11) is 0. The summed E-state index contributed by atoms with van der Waals surface area (Å²) in [6, 6.07) is 9.82. The molecule has 142 valence electrons. The molecule has 2 rings (SSSR count). The number of anilines is 2. The van der Waals surface area contributed by atoms with Crippen molar-refractivity contribution >= 4 is 29.1 Å². The van der Waals surface area contributed by atoms with E-state index in [0.717, 1.165) is 19.3 Å². The van der Waals surface area contributed by atoms with Crippen LogP contribution in [0.1, 0.15) is 54.0 Å². The normalized spacial score (nSPS) is 10.1. The first-order valence-corrected chi connectivity index (χ1v) is 8.93. The Balaban J connectivity index is 2.02. The van der Waals surface area contributed by atoms with Crippen LogP contribution in [0, 0.1) is 0 Å². The largest absolute Gasteiger partial charge is 0.351 e. The predicted molar refractivity (Wildman–Crippen MR) is 105 cm³/mol. The number of nitrogens with one attached hydrogen (secondary N) is 3. The van der Waals surface area contributed by atoms with Crippen LogP contribution in [0.15, 0.2) is 42.6 Å². The molecule has 0 radical (unpaired) electrons. The molecule has 1 heterocycles. The van der Waals surface area contributed by atoms with Crippen LogP contribution in [-0.2, 0) is 4.79 Å². The highest BCUT2D eigenvalue weighted by Gasteiger charge is 2.12. The van der Waals surface area contributed by atoms with Gasteiger partial charge in [-0.25, -0.2) is 0 Å². The second-order valence-electron chi connectivity index (χ2n) is 6.11. The molecule has 0 saturated heterocycles. The van der Waals surface area contributed by atoms with E-state index >= 15 is 0 Å². The number of benzene rings is 1. The molecule has 0 aliphatic rings. The zero-order valence-corrected chi connectivity index (χ0v) is 15.5. The van der Waals surface area contributed by atoms with Crippen LogP contribution in [0.3, 0.4) is 0 Å². The van der Waals surface area contributed by atoms with E-state index in [9.17, 15) is 14.4 Å². The van der Waals surface area contributed by atoms with E-state index in [0.29, 0.717) is 23.5 Å². The van der Waals surface area contributed by atoms with Crippen LogP contribution in [0.4, 0.5) is 11.4 Å². The second-order valence-corrected chi connectivity index (χ2v) is 6.11. The van der Waals surface area contributed by atoms with Crippen molar-refractivity contribution in [1.82, 2.24) is 10.3 Å². The zero-order valence-electron chi connectivity index (χ0n) is 15.5. The van der Waals surface area contributed by atoms with Gasteiger partial charge in [0.2, 0.25) is 5.91 Å². The predicted octanol–water partition coefficient (Wildman–Crippen LogP) is 3.21. The number of aromatic nitrogens is 1. The molecule has 0 aliphatic carbocycles. The van der Waals surface area contributed by atoms with Crippen molar-refractivity contribution in [1.29, 1.82) is 0 Å². The van der Waals surface area contributed by atoms with Gasteiger partial charge in [0.15, 0.2) is 0 Å². The van der Waals surface area contributed by atoms with Gasteiger partial charge in [0.1, 0.15) is 5.69 Å². The van der Waals surface area contributed by atoms with Crippen molar-refractivity contribution in [3.8, 4) is 0 Å². The van der Waals surface area contributed by atoms with E-state index in [2.05, 4.69) is 27.9 Å². The number of nitrogens with zero attached hydrogens (tertiary/aromatic N) is 1. The maximum Gasteiger partial charge on any atom is 0.269 e. The molecule has 3 N–H and O–H groups in total. The minimum Gasteiger partial charge on any atom is -0.351 e. The van der Waals surface area contributed by atoms with Gasteiger partial charge in [-0.15, -0.1) is 0 Å². The fourth-order valence-corrected chi connectivity index (χ4v) is 2.44. The molecule has 0 fully saturated rings. The third kappa shape index (κ3) is 6.54. The molecule has 7 heteroatoms. The van der Waals surface area contributed by atoms with Gasteiger partial charge in [-0.05, 0) is 36.8 Å². The van der Waals surface area contributed by atoms with Crippen LogP contribution < -0.4 is 16.0 Å². The average Bonchev–Trinajstić information content (AvgIpc) is 2.65. The molecule has 1 aromatic carbocycles.